The fourth-order valence-corrected chi connectivity index (χ4v) is 2.28. The molecule has 0 bridgehead atoms. The number of piperidine rings is 1. The summed E-state index contributed by atoms with van der Waals surface area (Å²) in [4.78, 5) is 2.39. The first kappa shape index (κ1) is 11.9. The molecule has 0 spiro atoms. The Balaban J connectivity index is 2.24. The molecule has 14 heavy (non-hydrogen) atoms. The van der Waals surface area contributed by atoms with E-state index in [1.807, 2.05) is 0 Å². The molecule has 1 aliphatic rings. The van der Waals surface area contributed by atoms with Gasteiger partial charge in [0.2, 0.25) is 0 Å². The van der Waals surface area contributed by atoms with Crippen molar-refractivity contribution in [3.05, 3.63) is 0 Å². The van der Waals surface area contributed by atoms with Crippen molar-refractivity contribution in [2.24, 2.45) is 5.92 Å². The van der Waals surface area contributed by atoms with Crippen LogP contribution in [0.25, 0.3) is 0 Å². The van der Waals surface area contributed by atoms with Crippen molar-refractivity contribution in [2.75, 3.05) is 32.9 Å². The van der Waals surface area contributed by atoms with Crippen molar-refractivity contribution in [2.45, 2.75) is 32.7 Å². The molecule has 1 rings (SSSR count). The van der Waals surface area contributed by atoms with Crippen LogP contribution >= 0.6 is 0 Å². The second-order valence-corrected chi connectivity index (χ2v) is 4.27. The van der Waals surface area contributed by atoms with Gasteiger partial charge in [0.1, 0.15) is 0 Å². The molecule has 2 unspecified atom stereocenters. The van der Waals surface area contributed by atoms with Crippen molar-refractivity contribution < 1.29 is 4.39 Å². The minimum atomic E-state index is -0.179. The van der Waals surface area contributed by atoms with Crippen LogP contribution in [0.3, 0.4) is 0 Å². The quantitative estimate of drug-likeness (QED) is 0.729. The number of likely N-dealkylation sites (tertiary alicyclic amines) is 1. The monoisotopic (exact) mass is 202 g/mol. The molecule has 1 saturated heterocycles. The Morgan fingerprint density at radius 3 is 2.86 bits per heavy atom. The molecule has 0 saturated carbocycles. The maximum atomic E-state index is 12.0. The van der Waals surface area contributed by atoms with E-state index in [-0.39, 0.29) is 6.67 Å². The van der Waals surface area contributed by atoms with Gasteiger partial charge in [-0.1, -0.05) is 13.8 Å². The third kappa shape index (κ3) is 3.54. The first-order chi connectivity index (χ1) is 6.77. The van der Waals surface area contributed by atoms with Crippen LogP contribution in [0.4, 0.5) is 4.39 Å². The van der Waals surface area contributed by atoms with Gasteiger partial charge < -0.3 is 10.2 Å². The van der Waals surface area contributed by atoms with Crippen LogP contribution < -0.4 is 5.32 Å². The molecule has 3 heteroatoms. The minimum absolute atomic E-state index is 0.179. The largest absolute Gasteiger partial charge is 0.314 e. The van der Waals surface area contributed by atoms with E-state index in [1.54, 1.807) is 0 Å². The van der Waals surface area contributed by atoms with Crippen molar-refractivity contribution >= 4 is 0 Å². The van der Waals surface area contributed by atoms with Crippen LogP contribution in [-0.2, 0) is 0 Å². The third-order valence-electron chi connectivity index (χ3n) is 3.06. The predicted octanol–water partition coefficient (Wildman–Crippen LogP) is 1.67. The lowest BCUT2D eigenvalue weighted by Gasteiger charge is -2.37. The molecule has 84 valence electrons. The van der Waals surface area contributed by atoms with Gasteiger partial charge in [-0.2, -0.15) is 0 Å². The van der Waals surface area contributed by atoms with Crippen molar-refractivity contribution in [3.63, 3.8) is 0 Å². The average molecular weight is 202 g/mol. The standard InChI is InChI=1S/C11H23FN2/c1-3-13-11-5-8-14(7-4-6-12)9-10(11)2/h10-11,13H,3-9H2,1-2H3. The van der Waals surface area contributed by atoms with Gasteiger partial charge in [0.05, 0.1) is 6.67 Å². The SMILES string of the molecule is CCNC1CCN(CCCF)CC1C. The summed E-state index contributed by atoms with van der Waals surface area (Å²) in [6.45, 7) is 8.50. The zero-order valence-corrected chi connectivity index (χ0v) is 9.43. The van der Waals surface area contributed by atoms with Gasteiger partial charge in [0.25, 0.3) is 0 Å². The highest BCUT2D eigenvalue weighted by atomic mass is 19.1. The summed E-state index contributed by atoms with van der Waals surface area (Å²) in [5, 5.41) is 3.51. The molecule has 0 amide bonds. The van der Waals surface area contributed by atoms with Crippen molar-refractivity contribution in [1.82, 2.24) is 10.2 Å². The Bertz CT molecular complexity index is 152. The second kappa shape index (κ2) is 6.36. The highest BCUT2D eigenvalue weighted by Crippen LogP contribution is 2.16. The van der Waals surface area contributed by atoms with E-state index in [2.05, 4.69) is 24.1 Å². The number of nitrogens with one attached hydrogen (secondary N) is 1. The van der Waals surface area contributed by atoms with Crippen LogP contribution in [0, 0.1) is 5.92 Å². The maximum Gasteiger partial charge on any atom is 0.0906 e. The highest BCUT2D eigenvalue weighted by Gasteiger charge is 2.24. The van der Waals surface area contributed by atoms with E-state index >= 15 is 0 Å². The lowest BCUT2D eigenvalue weighted by atomic mass is 9.94. The summed E-state index contributed by atoms with van der Waals surface area (Å²) in [5.41, 5.74) is 0. The molecule has 1 fully saturated rings. The van der Waals surface area contributed by atoms with E-state index in [0.29, 0.717) is 18.4 Å². The fourth-order valence-electron chi connectivity index (χ4n) is 2.28. The van der Waals surface area contributed by atoms with Gasteiger partial charge in [0, 0.05) is 19.1 Å². The van der Waals surface area contributed by atoms with Crippen LogP contribution in [0.1, 0.15) is 26.7 Å². The summed E-state index contributed by atoms with van der Waals surface area (Å²) < 4.78 is 12.0. The third-order valence-corrected chi connectivity index (χ3v) is 3.06. The lowest BCUT2D eigenvalue weighted by Crippen LogP contribution is -2.48. The molecule has 0 aromatic rings. The van der Waals surface area contributed by atoms with Gasteiger partial charge in [-0.15, -0.1) is 0 Å². The molecular formula is C11H23FN2. The first-order valence-corrected chi connectivity index (χ1v) is 5.79. The van der Waals surface area contributed by atoms with Gasteiger partial charge in [0.15, 0.2) is 0 Å². The lowest BCUT2D eigenvalue weighted by molar-refractivity contribution is 0.144. The van der Waals surface area contributed by atoms with Gasteiger partial charge >= 0.3 is 0 Å². The minimum Gasteiger partial charge on any atom is -0.314 e. The zero-order valence-electron chi connectivity index (χ0n) is 9.43. The van der Waals surface area contributed by atoms with E-state index in [0.717, 1.165) is 26.2 Å². The van der Waals surface area contributed by atoms with Crippen LogP contribution in [0.15, 0.2) is 0 Å². The molecule has 2 nitrogen and oxygen atoms in total. The zero-order chi connectivity index (χ0) is 10.4. The van der Waals surface area contributed by atoms with Crippen molar-refractivity contribution in [3.8, 4) is 0 Å². The molecule has 2 atom stereocenters. The number of hydrogen-bond donors (Lipinski definition) is 1. The highest BCUT2D eigenvalue weighted by molar-refractivity contribution is 4.82. The van der Waals surface area contributed by atoms with E-state index in [9.17, 15) is 4.39 Å². The Morgan fingerprint density at radius 1 is 1.50 bits per heavy atom. The normalized spacial score (nSPS) is 29.4. The second-order valence-electron chi connectivity index (χ2n) is 4.27. The predicted molar refractivity (Wildman–Crippen MR) is 58.3 cm³/mol. The fraction of sp³-hybridized carbons (Fsp3) is 1.00. The van der Waals surface area contributed by atoms with Crippen LogP contribution in [0.2, 0.25) is 0 Å². The smallest absolute Gasteiger partial charge is 0.0906 e. The number of nitrogens with zero attached hydrogens (tertiary/aromatic N) is 1. The Morgan fingerprint density at radius 2 is 2.29 bits per heavy atom. The molecule has 1 aliphatic heterocycles. The van der Waals surface area contributed by atoms with E-state index in [1.165, 1.54) is 6.42 Å². The number of hydrogen-bond acceptors (Lipinski definition) is 2. The van der Waals surface area contributed by atoms with Crippen LogP contribution in [-0.4, -0.2) is 43.8 Å². The number of alkyl halides is 1. The molecular weight excluding hydrogens is 179 g/mol. The first-order valence-electron chi connectivity index (χ1n) is 5.79. The summed E-state index contributed by atoms with van der Waals surface area (Å²) in [6, 6.07) is 0.668. The molecule has 0 aromatic carbocycles. The van der Waals surface area contributed by atoms with E-state index < -0.39 is 0 Å². The van der Waals surface area contributed by atoms with Gasteiger partial charge in [-0.05, 0) is 31.8 Å². The summed E-state index contributed by atoms with van der Waals surface area (Å²) in [7, 11) is 0. The maximum absolute atomic E-state index is 12.0. The molecule has 1 heterocycles. The summed E-state index contributed by atoms with van der Waals surface area (Å²) in [6.07, 6.45) is 1.90. The molecule has 0 aromatic heterocycles. The Hall–Kier alpha value is -0.150. The topological polar surface area (TPSA) is 15.3 Å². The Kier molecular flexibility index (Phi) is 5.41. The molecule has 0 radical (unpaired) electrons. The number of halogens is 1. The molecule has 0 aliphatic carbocycles. The van der Waals surface area contributed by atoms with Gasteiger partial charge in [-0.25, -0.2) is 0 Å². The van der Waals surface area contributed by atoms with E-state index in [4.69, 9.17) is 0 Å². The summed E-state index contributed by atoms with van der Waals surface area (Å²) in [5.74, 6) is 0.698. The van der Waals surface area contributed by atoms with Crippen molar-refractivity contribution in [1.29, 1.82) is 0 Å². The summed E-state index contributed by atoms with van der Waals surface area (Å²) >= 11 is 0. The molecule has 1 N–H and O–H groups in total. The number of rotatable bonds is 5. The average Bonchev–Trinajstić information content (AvgIpc) is 2.19. The van der Waals surface area contributed by atoms with Crippen LogP contribution in [0.5, 0.6) is 0 Å². The van der Waals surface area contributed by atoms with Gasteiger partial charge in [-0.3, -0.25) is 4.39 Å². The Labute approximate surface area is 86.9 Å².